The Morgan fingerprint density at radius 2 is 1.79 bits per heavy atom. The number of halogens is 5. The summed E-state index contributed by atoms with van der Waals surface area (Å²) in [6, 6.07) is 5.10. The van der Waals surface area contributed by atoms with E-state index in [2.05, 4.69) is 5.32 Å². The van der Waals surface area contributed by atoms with Crippen molar-refractivity contribution in [2.45, 2.75) is 49.8 Å². The summed E-state index contributed by atoms with van der Waals surface area (Å²) in [5.41, 5.74) is -0.407. The molecule has 3 rings (SSSR count). The summed E-state index contributed by atoms with van der Waals surface area (Å²) in [5, 5.41) is 2.26. The van der Waals surface area contributed by atoms with Crippen molar-refractivity contribution in [1.82, 2.24) is 4.31 Å². The van der Waals surface area contributed by atoms with Crippen LogP contribution in [0.5, 0.6) is 0 Å². The zero-order chi connectivity index (χ0) is 25.1. The van der Waals surface area contributed by atoms with Crippen molar-refractivity contribution in [2.75, 3.05) is 18.4 Å². The smallest absolute Gasteiger partial charge is 0.264 e. The highest BCUT2D eigenvalue weighted by atomic mass is 32.2. The minimum Gasteiger partial charge on any atom is -0.322 e. The van der Waals surface area contributed by atoms with Gasteiger partial charge in [0.15, 0.2) is 11.6 Å². The maximum atomic E-state index is 14.8. The zero-order valence-electron chi connectivity index (χ0n) is 18.5. The Balaban J connectivity index is 1.86. The molecule has 1 heterocycles. The van der Waals surface area contributed by atoms with Crippen LogP contribution >= 0.6 is 0 Å². The van der Waals surface area contributed by atoms with E-state index >= 15 is 0 Å². The Kier molecular flexibility index (Phi) is 7.97. The Hall–Kier alpha value is -2.53. The van der Waals surface area contributed by atoms with E-state index < -0.39 is 56.7 Å². The number of hydrogen-bond donors (Lipinski definition) is 1. The van der Waals surface area contributed by atoms with Gasteiger partial charge in [-0.25, -0.2) is 30.4 Å². The van der Waals surface area contributed by atoms with E-state index in [4.69, 9.17) is 0 Å². The summed E-state index contributed by atoms with van der Waals surface area (Å²) >= 11 is 0. The van der Waals surface area contributed by atoms with Gasteiger partial charge in [0.2, 0.25) is 10.0 Å². The molecule has 0 saturated carbocycles. The molecule has 1 fully saturated rings. The number of hydrogen-bond acceptors (Lipinski definition) is 3. The molecular formula is C23H25F5N2O3S. The molecule has 2 aromatic rings. The fourth-order valence-corrected chi connectivity index (χ4v) is 5.52. The van der Waals surface area contributed by atoms with Crippen molar-refractivity contribution in [3.8, 4) is 0 Å². The number of carbonyl (C=O) groups excluding carboxylic acids is 1. The number of anilines is 1. The summed E-state index contributed by atoms with van der Waals surface area (Å²) in [6.07, 6.45) is 1.95. The van der Waals surface area contributed by atoms with Crippen LogP contribution < -0.4 is 5.32 Å². The van der Waals surface area contributed by atoms with Crippen LogP contribution in [0.2, 0.25) is 0 Å². The third-order valence-electron chi connectivity index (χ3n) is 5.84. The molecule has 0 radical (unpaired) electrons. The molecule has 1 atom stereocenters. The molecule has 1 N–H and O–H groups in total. The van der Waals surface area contributed by atoms with Crippen LogP contribution in [0.1, 0.15) is 49.4 Å². The molecule has 186 valence electrons. The predicted octanol–water partition coefficient (Wildman–Crippen LogP) is 5.58. The lowest BCUT2D eigenvalue weighted by Gasteiger charge is -2.28. The number of carbonyl (C=O) groups is 1. The second-order valence-electron chi connectivity index (χ2n) is 8.31. The van der Waals surface area contributed by atoms with Crippen molar-refractivity contribution in [3.63, 3.8) is 0 Å². The summed E-state index contributed by atoms with van der Waals surface area (Å²) in [5.74, 6) is -8.69. The lowest BCUT2D eigenvalue weighted by molar-refractivity contribution is -0.0661. The number of amides is 1. The average molecular weight is 505 g/mol. The highest BCUT2D eigenvalue weighted by Gasteiger charge is 2.45. The predicted molar refractivity (Wildman–Crippen MR) is 117 cm³/mol. The van der Waals surface area contributed by atoms with E-state index in [1.807, 2.05) is 6.92 Å². The van der Waals surface area contributed by atoms with E-state index in [0.717, 1.165) is 42.8 Å². The number of nitrogens with one attached hydrogen (secondary N) is 1. The first-order valence-corrected chi connectivity index (χ1v) is 12.3. The molecule has 0 spiro atoms. The third kappa shape index (κ3) is 5.75. The molecule has 5 nitrogen and oxygen atoms in total. The average Bonchev–Trinajstić information content (AvgIpc) is 2.93. The van der Waals surface area contributed by atoms with E-state index in [-0.39, 0.29) is 37.1 Å². The van der Waals surface area contributed by atoms with Crippen molar-refractivity contribution < 1.29 is 35.2 Å². The third-order valence-corrected chi connectivity index (χ3v) is 7.70. The van der Waals surface area contributed by atoms with Gasteiger partial charge in [0.05, 0.1) is 6.54 Å². The van der Waals surface area contributed by atoms with Crippen molar-refractivity contribution in [3.05, 3.63) is 59.4 Å². The SMILES string of the molecule is CCCCC1CCCN(S(=O)(=O)c2cc(C(=O)Nc3ccc(F)c(F)c3)ccc2F)CC1(F)F. The molecular weight excluding hydrogens is 479 g/mol. The van der Waals surface area contributed by atoms with Crippen molar-refractivity contribution >= 4 is 21.6 Å². The summed E-state index contributed by atoms with van der Waals surface area (Å²) in [7, 11) is -4.68. The van der Waals surface area contributed by atoms with Gasteiger partial charge in [-0.3, -0.25) is 4.79 Å². The maximum Gasteiger partial charge on any atom is 0.264 e. The maximum absolute atomic E-state index is 14.8. The van der Waals surface area contributed by atoms with Crippen LogP contribution in [-0.4, -0.2) is 37.6 Å². The lowest BCUT2D eigenvalue weighted by atomic mass is 9.91. The molecule has 0 aromatic heterocycles. The minimum absolute atomic E-state index is 0.108. The molecule has 1 amide bonds. The van der Waals surface area contributed by atoms with Gasteiger partial charge < -0.3 is 5.32 Å². The van der Waals surface area contributed by atoms with Crippen molar-refractivity contribution in [1.29, 1.82) is 0 Å². The quantitative estimate of drug-likeness (QED) is 0.501. The van der Waals surface area contributed by atoms with E-state index in [1.54, 1.807) is 0 Å². The summed E-state index contributed by atoms with van der Waals surface area (Å²) in [4.78, 5) is 11.6. The second-order valence-corrected chi connectivity index (χ2v) is 10.2. The molecule has 1 aliphatic rings. The first-order chi connectivity index (χ1) is 16.0. The van der Waals surface area contributed by atoms with Crippen LogP contribution in [0.3, 0.4) is 0 Å². The minimum atomic E-state index is -4.68. The highest BCUT2D eigenvalue weighted by molar-refractivity contribution is 7.89. The first kappa shape index (κ1) is 26.1. The normalized spacial score (nSPS) is 18.9. The Bertz CT molecular complexity index is 1160. The standard InChI is InChI=1S/C23H25F5N2O3S/c1-2-3-5-16-6-4-11-30(14-23(16,27)28)34(32,33)21-12-15(7-9-19(21)25)22(31)29-17-8-10-18(24)20(26)13-17/h7-10,12-13,16H,2-6,11,14H2,1H3,(H,29,31). The fourth-order valence-electron chi connectivity index (χ4n) is 3.94. The van der Waals surface area contributed by atoms with Gasteiger partial charge in [-0.2, -0.15) is 4.31 Å². The monoisotopic (exact) mass is 504 g/mol. The Morgan fingerprint density at radius 1 is 1.09 bits per heavy atom. The first-order valence-electron chi connectivity index (χ1n) is 10.9. The van der Waals surface area contributed by atoms with Gasteiger partial charge in [0.25, 0.3) is 11.8 Å². The Morgan fingerprint density at radius 3 is 2.47 bits per heavy atom. The van der Waals surface area contributed by atoms with Gasteiger partial charge in [-0.1, -0.05) is 19.8 Å². The van der Waals surface area contributed by atoms with Crippen molar-refractivity contribution in [2.24, 2.45) is 5.92 Å². The number of sulfonamides is 1. The van der Waals surface area contributed by atoms with E-state index in [1.165, 1.54) is 0 Å². The van der Waals surface area contributed by atoms with Crippen LogP contribution in [0.4, 0.5) is 27.6 Å². The summed E-state index contributed by atoms with van der Waals surface area (Å²) in [6.45, 7) is 0.601. The largest absolute Gasteiger partial charge is 0.322 e. The fraction of sp³-hybridized carbons (Fsp3) is 0.435. The molecule has 1 saturated heterocycles. The molecule has 11 heteroatoms. The summed E-state index contributed by atoms with van der Waals surface area (Å²) < 4.78 is 97.5. The molecule has 1 aliphatic heterocycles. The van der Waals surface area contributed by atoms with Gasteiger partial charge in [-0.15, -0.1) is 0 Å². The molecule has 2 aromatic carbocycles. The van der Waals surface area contributed by atoms with Gasteiger partial charge >= 0.3 is 0 Å². The Labute approximate surface area is 195 Å². The number of nitrogens with zero attached hydrogens (tertiary/aromatic N) is 1. The lowest BCUT2D eigenvalue weighted by Crippen LogP contribution is -2.42. The highest BCUT2D eigenvalue weighted by Crippen LogP contribution is 2.37. The van der Waals surface area contributed by atoms with Gasteiger partial charge in [0.1, 0.15) is 10.7 Å². The number of rotatable bonds is 7. The molecule has 0 bridgehead atoms. The molecule has 0 aliphatic carbocycles. The van der Waals surface area contributed by atoms with Gasteiger partial charge in [-0.05, 0) is 49.6 Å². The number of benzene rings is 2. The zero-order valence-corrected chi connectivity index (χ0v) is 19.3. The van der Waals surface area contributed by atoms with Crippen LogP contribution in [0.25, 0.3) is 0 Å². The second kappa shape index (κ2) is 10.4. The van der Waals surface area contributed by atoms with Gasteiger partial charge in [0, 0.05) is 29.8 Å². The van der Waals surface area contributed by atoms with Crippen LogP contribution in [0.15, 0.2) is 41.3 Å². The van der Waals surface area contributed by atoms with E-state index in [9.17, 15) is 35.2 Å². The molecule has 34 heavy (non-hydrogen) atoms. The van der Waals surface area contributed by atoms with E-state index in [0.29, 0.717) is 10.7 Å². The van der Waals surface area contributed by atoms with Crippen LogP contribution in [-0.2, 0) is 10.0 Å². The van der Waals surface area contributed by atoms with Crippen LogP contribution in [0, 0.1) is 23.4 Å². The topological polar surface area (TPSA) is 66.5 Å². The number of alkyl halides is 2. The number of unbranched alkanes of at least 4 members (excludes halogenated alkanes) is 1. The molecule has 1 unspecified atom stereocenters.